The normalized spacial score (nSPS) is 42.9. The molecule has 2 unspecified atom stereocenters. The monoisotopic (exact) mass is 469 g/mol. The van der Waals surface area contributed by atoms with Crippen molar-refractivity contribution in [3.05, 3.63) is 29.8 Å². The average molecular weight is 470 g/mol. The number of nitrogens with two attached hydrogens (primary N) is 1. The molecule has 1 spiro atoms. The van der Waals surface area contributed by atoms with Crippen LogP contribution < -0.4 is 10.5 Å². The molecule has 2 N–H and O–H groups in total. The Bertz CT molecular complexity index is 793. The zero-order valence-electron chi connectivity index (χ0n) is 20.7. The fraction of sp³-hybridized carbons (Fsp3) is 0.793. The van der Waals surface area contributed by atoms with Gasteiger partial charge in [-0.3, -0.25) is 0 Å². The molecule has 2 aliphatic heterocycles. The van der Waals surface area contributed by atoms with Gasteiger partial charge in [-0.05, 0) is 118 Å². The second-order valence-electron chi connectivity index (χ2n) is 12.2. The predicted molar refractivity (Wildman–Crippen MR) is 131 cm³/mol. The van der Waals surface area contributed by atoms with Gasteiger partial charge in [-0.2, -0.15) is 0 Å². The van der Waals surface area contributed by atoms with Crippen molar-refractivity contribution in [2.45, 2.75) is 107 Å². The highest BCUT2D eigenvalue weighted by Crippen LogP contribution is 2.48. The summed E-state index contributed by atoms with van der Waals surface area (Å²) in [5, 5.41) is 0. The summed E-state index contributed by atoms with van der Waals surface area (Å²) in [7, 11) is 0. The van der Waals surface area contributed by atoms with Gasteiger partial charge in [-0.15, -0.1) is 0 Å². The van der Waals surface area contributed by atoms with E-state index < -0.39 is 5.79 Å². The molecule has 1 aromatic carbocycles. The lowest BCUT2D eigenvalue weighted by Gasteiger charge is -2.42. The maximum absolute atomic E-state index is 6.66. The van der Waals surface area contributed by atoms with E-state index in [0.717, 1.165) is 75.7 Å². The first-order chi connectivity index (χ1) is 16.6. The van der Waals surface area contributed by atoms with Gasteiger partial charge in [0.05, 0.1) is 19.3 Å². The molecule has 4 aliphatic carbocycles. The van der Waals surface area contributed by atoms with Gasteiger partial charge in [0.1, 0.15) is 5.75 Å². The molecule has 0 radical (unpaired) electrons. The van der Waals surface area contributed by atoms with Crippen molar-refractivity contribution in [2.24, 2.45) is 29.4 Å². The van der Waals surface area contributed by atoms with Crippen molar-refractivity contribution in [3.8, 4) is 5.75 Å². The molecule has 1 aromatic rings. The van der Waals surface area contributed by atoms with Crippen LogP contribution in [-0.2, 0) is 14.5 Å². The second kappa shape index (κ2) is 10.1. The fourth-order valence-corrected chi connectivity index (χ4v) is 7.84. The van der Waals surface area contributed by atoms with Crippen LogP contribution in [0.15, 0.2) is 24.3 Å². The third kappa shape index (κ3) is 5.33. The predicted octanol–water partition coefficient (Wildman–Crippen LogP) is 6.11. The highest BCUT2D eigenvalue weighted by atomic mass is 17.2. The molecule has 2 heterocycles. The van der Waals surface area contributed by atoms with Crippen LogP contribution in [0.3, 0.4) is 0 Å². The van der Waals surface area contributed by atoms with Gasteiger partial charge in [0, 0.05) is 18.9 Å². The topological polar surface area (TPSA) is 62.9 Å². The SMILES string of the molecule is N[C@H]1CC[C@@H](Oc2ccc([C@@H]3CCC[C@@]4(C3)OCC3CC5CC(COO4)CC(C3)C5)cc2)CC1. The lowest BCUT2D eigenvalue weighted by Crippen LogP contribution is -2.42. The Morgan fingerprint density at radius 3 is 2.21 bits per heavy atom. The Balaban J connectivity index is 1.11. The standard InChI is InChI=1S/C29H43NO4/c30-26-5-9-28(10-6-26)33-27-7-3-24(4-8-27)25-2-1-11-29(17-25)31-18-22-13-20-12-21(14-22)16-23(15-20)19-32-34-29/h3-4,7-8,20-23,25-26,28H,1-2,5-6,9-19,30H2/t20?,21?,22?,23?,25-,26-,28+,29-/m1/s1. The first-order valence-corrected chi connectivity index (χ1v) is 14.1. The van der Waals surface area contributed by atoms with Crippen molar-refractivity contribution in [2.75, 3.05) is 13.2 Å². The Morgan fingerprint density at radius 2 is 1.47 bits per heavy atom. The maximum Gasteiger partial charge on any atom is 0.202 e. The highest BCUT2D eigenvalue weighted by Gasteiger charge is 2.44. The van der Waals surface area contributed by atoms with Crippen LogP contribution in [0.25, 0.3) is 0 Å². The van der Waals surface area contributed by atoms with Crippen molar-refractivity contribution in [1.29, 1.82) is 0 Å². The molecule has 7 rings (SSSR count). The molecular weight excluding hydrogens is 426 g/mol. The molecule has 188 valence electrons. The van der Waals surface area contributed by atoms with E-state index in [0.29, 0.717) is 29.9 Å². The molecule has 34 heavy (non-hydrogen) atoms. The second-order valence-corrected chi connectivity index (χ2v) is 12.2. The van der Waals surface area contributed by atoms with Crippen LogP contribution in [0, 0.1) is 23.7 Å². The molecule has 5 nitrogen and oxygen atoms in total. The van der Waals surface area contributed by atoms with Crippen LogP contribution in [0.4, 0.5) is 0 Å². The highest BCUT2D eigenvalue weighted by molar-refractivity contribution is 5.30. The summed E-state index contributed by atoms with van der Waals surface area (Å²) in [6.45, 7) is 1.55. The van der Waals surface area contributed by atoms with E-state index in [4.69, 9.17) is 25.0 Å². The van der Waals surface area contributed by atoms with E-state index in [-0.39, 0.29) is 0 Å². The Labute approximate surface area is 205 Å². The summed E-state index contributed by atoms with van der Waals surface area (Å²) in [5.41, 5.74) is 7.40. The molecule has 4 saturated carbocycles. The third-order valence-electron chi connectivity index (χ3n) is 9.47. The zero-order chi connectivity index (χ0) is 23.0. The van der Waals surface area contributed by atoms with Gasteiger partial charge in [-0.25, -0.2) is 9.78 Å². The number of ether oxygens (including phenoxy) is 2. The summed E-state index contributed by atoms with van der Waals surface area (Å²) in [4.78, 5) is 12.1. The first kappa shape index (κ1) is 23.3. The minimum Gasteiger partial charge on any atom is -0.490 e. The van der Waals surface area contributed by atoms with Crippen LogP contribution in [0.2, 0.25) is 0 Å². The minimum absolute atomic E-state index is 0.306. The zero-order valence-corrected chi connectivity index (χ0v) is 20.7. The summed E-state index contributed by atoms with van der Waals surface area (Å²) in [5.74, 6) is 3.90. The van der Waals surface area contributed by atoms with E-state index in [2.05, 4.69) is 24.3 Å². The smallest absolute Gasteiger partial charge is 0.202 e. The van der Waals surface area contributed by atoms with Crippen LogP contribution in [0.1, 0.15) is 95.0 Å². The summed E-state index contributed by atoms with van der Waals surface area (Å²) < 4.78 is 12.9. The van der Waals surface area contributed by atoms with E-state index in [1.807, 2.05) is 0 Å². The number of benzene rings is 1. The average Bonchev–Trinajstić information content (AvgIpc) is 2.87. The largest absolute Gasteiger partial charge is 0.490 e. The Hall–Kier alpha value is -1.14. The maximum atomic E-state index is 6.66. The molecular formula is C29H43NO4. The molecule has 6 fully saturated rings. The van der Waals surface area contributed by atoms with Crippen LogP contribution >= 0.6 is 0 Å². The molecule has 4 bridgehead atoms. The van der Waals surface area contributed by atoms with Crippen LogP contribution in [0.5, 0.6) is 5.75 Å². The summed E-state index contributed by atoms with van der Waals surface area (Å²) >= 11 is 0. The summed E-state index contributed by atoms with van der Waals surface area (Å²) in [6, 6.07) is 9.15. The number of hydrogen-bond acceptors (Lipinski definition) is 5. The first-order valence-electron chi connectivity index (χ1n) is 14.1. The van der Waals surface area contributed by atoms with Gasteiger partial charge in [0.2, 0.25) is 5.79 Å². The molecule has 6 aliphatic rings. The molecule has 2 saturated heterocycles. The minimum atomic E-state index is -0.597. The van der Waals surface area contributed by atoms with Crippen molar-refractivity contribution in [3.63, 3.8) is 0 Å². The molecule has 0 aromatic heterocycles. The van der Waals surface area contributed by atoms with E-state index >= 15 is 0 Å². The van der Waals surface area contributed by atoms with Crippen molar-refractivity contribution >= 4 is 0 Å². The van der Waals surface area contributed by atoms with Crippen LogP contribution in [-0.4, -0.2) is 31.1 Å². The molecule has 4 atom stereocenters. The Kier molecular flexibility index (Phi) is 6.90. The third-order valence-corrected chi connectivity index (χ3v) is 9.47. The lowest BCUT2D eigenvalue weighted by atomic mass is 9.65. The number of rotatable bonds is 3. The van der Waals surface area contributed by atoms with Gasteiger partial charge in [0.25, 0.3) is 0 Å². The van der Waals surface area contributed by atoms with Gasteiger partial charge >= 0.3 is 0 Å². The van der Waals surface area contributed by atoms with Gasteiger partial charge in [-0.1, -0.05) is 12.1 Å². The fourth-order valence-electron chi connectivity index (χ4n) is 7.84. The number of fused-ring (bicyclic) bond motifs is 3. The van der Waals surface area contributed by atoms with Gasteiger partial charge in [0.15, 0.2) is 0 Å². The van der Waals surface area contributed by atoms with E-state index in [9.17, 15) is 0 Å². The quantitative estimate of drug-likeness (QED) is 0.541. The number of hydrogen-bond donors (Lipinski definition) is 1. The molecule has 0 amide bonds. The summed E-state index contributed by atoms with van der Waals surface area (Å²) in [6.07, 6.45) is 15.4. The van der Waals surface area contributed by atoms with E-state index in [1.54, 1.807) is 0 Å². The lowest BCUT2D eigenvalue weighted by molar-refractivity contribution is -0.440. The van der Waals surface area contributed by atoms with Crippen molar-refractivity contribution in [1.82, 2.24) is 0 Å². The van der Waals surface area contributed by atoms with Gasteiger partial charge < -0.3 is 15.2 Å². The van der Waals surface area contributed by atoms with E-state index in [1.165, 1.54) is 44.1 Å². The van der Waals surface area contributed by atoms with Crippen molar-refractivity contribution < 1.29 is 19.2 Å². The molecule has 5 heteroatoms. The Morgan fingerprint density at radius 1 is 0.794 bits per heavy atom.